The van der Waals surface area contributed by atoms with Crippen LogP contribution < -0.4 is 9.54 Å². The smallest absolute Gasteiger partial charge is 0.258 e. The van der Waals surface area contributed by atoms with Gasteiger partial charge >= 0.3 is 0 Å². The van der Waals surface area contributed by atoms with Crippen molar-refractivity contribution in [1.82, 2.24) is 9.47 Å². The number of ether oxygens (including phenoxy) is 1. The van der Waals surface area contributed by atoms with Gasteiger partial charge in [-0.05, 0) is 51.3 Å². The Hall–Kier alpha value is -2.24. The standard InChI is InChI=1S/C22H27N3O3S2/c1-4-11-25-18-10-9-17(28-5-2)13-19(18)30-22(25)23-20(26)14-29-15-21(27)24-12-7-6-8-16(24)3/h1,9-10,13,16H,5-8,11-12,14-15H2,2-3H3. The third-order valence-corrected chi connectivity index (χ3v) is 6.95. The lowest BCUT2D eigenvalue weighted by Gasteiger charge is -2.33. The van der Waals surface area contributed by atoms with Gasteiger partial charge in [0, 0.05) is 12.6 Å². The molecule has 1 fully saturated rings. The number of nitrogens with zero attached hydrogens (tertiary/aromatic N) is 3. The van der Waals surface area contributed by atoms with E-state index in [0.717, 1.165) is 35.4 Å². The van der Waals surface area contributed by atoms with Gasteiger partial charge in [-0.1, -0.05) is 17.3 Å². The lowest BCUT2D eigenvalue weighted by Crippen LogP contribution is -2.43. The van der Waals surface area contributed by atoms with Gasteiger partial charge in [0.15, 0.2) is 4.80 Å². The second kappa shape index (κ2) is 10.7. The van der Waals surface area contributed by atoms with Crippen molar-refractivity contribution in [2.75, 3.05) is 24.7 Å². The summed E-state index contributed by atoms with van der Waals surface area (Å²) in [7, 11) is 0. The van der Waals surface area contributed by atoms with Crippen LogP contribution in [0.25, 0.3) is 10.2 Å². The van der Waals surface area contributed by atoms with Gasteiger partial charge in [-0.3, -0.25) is 9.59 Å². The topological polar surface area (TPSA) is 63.9 Å². The van der Waals surface area contributed by atoms with Crippen molar-refractivity contribution in [3.8, 4) is 18.1 Å². The highest BCUT2D eigenvalue weighted by molar-refractivity contribution is 8.00. The monoisotopic (exact) mass is 445 g/mol. The van der Waals surface area contributed by atoms with E-state index in [1.807, 2.05) is 34.6 Å². The van der Waals surface area contributed by atoms with Crippen molar-refractivity contribution in [3.63, 3.8) is 0 Å². The fourth-order valence-electron chi connectivity index (χ4n) is 3.56. The predicted octanol–water partition coefficient (Wildman–Crippen LogP) is 3.30. The summed E-state index contributed by atoms with van der Waals surface area (Å²) < 4.78 is 8.38. The van der Waals surface area contributed by atoms with E-state index in [9.17, 15) is 9.59 Å². The molecule has 1 atom stereocenters. The van der Waals surface area contributed by atoms with Crippen molar-refractivity contribution >= 4 is 45.1 Å². The number of amides is 2. The highest BCUT2D eigenvalue weighted by Gasteiger charge is 2.22. The van der Waals surface area contributed by atoms with Gasteiger partial charge in [-0.25, -0.2) is 0 Å². The zero-order valence-electron chi connectivity index (χ0n) is 17.4. The molecule has 3 rings (SSSR count). The molecule has 0 bridgehead atoms. The molecule has 160 valence electrons. The summed E-state index contributed by atoms with van der Waals surface area (Å²) in [5.74, 6) is 3.72. The molecule has 0 aliphatic carbocycles. The van der Waals surface area contributed by atoms with E-state index in [2.05, 4.69) is 17.8 Å². The SMILES string of the molecule is C#CCn1c(=NC(=O)CSCC(=O)N2CCCCC2C)sc2cc(OCC)ccc21. The predicted molar refractivity (Wildman–Crippen MR) is 123 cm³/mol. The lowest BCUT2D eigenvalue weighted by atomic mass is 10.0. The maximum absolute atomic E-state index is 12.4. The number of likely N-dealkylation sites (tertiary alicyclic amines) is 1. The normalized spacial score (nSPS) is 17.2. The first-order valence-corrected chi connectivity index (χ1v) is 12.1. The van der Waals surface area contributed by atoms with Gasteiger partial charge in [-0.2, -0.15) is 4.99 Å². The Morgan fingerprint density at radius 2 is 2.20 bits per heavy atom. The van der Waals surface area contributed by atoms with Crippen LogP contribution in [0, 0.1) is 12.3 Å². The minimum atomic E-state index is -0.262. The summed E-state index contributed by atoms with van der Waals surface area (Å²) in [6.45, 7) is 5.76. The molecule has 0 saturated carbocycles. The zero-order valence-corrected chi connectivity index (χ0v) is 19.1. The number of carbonyl (C=O) groups excluding carboxylic acids is 2. The maximum Gasteiger partial charge on any atom is 0.258 e. The summed E-state index contributed by atoms with van der Waals surface area (Å²) in [6, 6.07) is 6.05. The van der Waals surface area contributed by atoms with Gasteiger partial charge in [0.25, 0.3) is 5.91 Å². The Balaban J connectivity index is 1.69. The molecular formula is C22H27N3O3S2. The van der Waals surface area contributed by atoms with Gasteiger partial charge in [0.2, 0.25) is 5.91 Å². The molecule has 0 radical (unpaired) electrons. The van der Waals surface area contributed by atoms with Crippen molar-refractivity contribution in [1.29, 1.82) is 0 Å². The Bertz CT molecular complexity index is 1020. The first-order valence-electron chi connectivity index (χ1n) is 10.2. The van der Waals surface area contributed by atoms with E-state index in [4.69, 9.17) is 11.2 Å². The van der Waals surface area contributed by atoms with Crippen LogP contribution in [0.1, 0.15) is 33.1 Å². The van der Waals surface area contributed by atoms with Crippen LogP contribution in [0.5, 0.6) is 5.75 Å². The second-order valence-corrected chi connectivity index (χ2v) is 9.16. The summed E-state index contributed by atoms with van der Waals surface area (Å²) in [5, 5.41) is 0. The number of carbonyl (C=O) groups is 2. The number of rotatable bonds is 7. The average Bonchev–Trinajstić information content (AvgIpc) is 3.05. The molecule has 6 nitrogen and oxygen atoms in total. The first kappa shape index (κ1) is 22.4. The minimum absolute atomic E-state index is 0.104. The fourth-order valence-corrected chi connectivity index (χ4v) is 5.31. The number of aromatic nitrogens is 1. The first-order chi connectivity index (χ1) is 14.5. The Kier molecular flexibility index (Phi) is 8.00. The zero-order chi connectivity index (χ0) is 21.5. The van der Waals surface area contributed by atoms with Gasteiger partial charge in [-0.15, -0.1) is 18.2 Å². The highest BCUT2D eigenvalue weighted by atomic mass is 32.2. The molecule has 8 heteroatoms. The Morgan fingerprint density at radius 3 is 2.93 bits per heavy atom. The van der Waals surface area contributed by atoms with Gasteiger partial charge in [0.1, 0.15) is 5.75 Å². The molecule has 2 aromatic rings. The number of terminal acetylenes is 1. The number of hydrogen-bond acceptors (Lipinski definition) is 5. The second-order valence-electron chi connectivity index (χ2n) is 7.17. The van der Waals surface area contributed by atoms with Crippen molar-refractivity contribution < 1.29 is 14.3 Å². The number of hydrogen-bond donors (Lipinski definition) is 0. The third-order valence-electron chi connectivity index (χ3n) is 5.01. The molecule has 30 heavy (non-hydrogen) atoms. The average molecular weight is 446 g/mol. The minimum Gasteiger partial charge on any atom is -0.494 e. The molecule has 2 amide bonds. The Labute approximate surface area is 185 Å². The Morgan fingerprint density at radius 1 is 1.37 bits per heavy atom. The molecule has 0 N–H and O–H groups in total. The van der Waals surface area contributed by atoms with E-state index >= 15 is 0 Å². The highest BCUT2D eigenvalue weighted by Crippen LogP contribution is 2.23. The van der Waals surface area contributed by atoms with E-state index < -0.39 is 0 Å². The molecule has 1 aliphatic rings. The number of thiazole rings is 1. The number of thioether (sulfide) groups is 1. The quantitative estimate of drug-likeness (QED) is 0.614. The van der Waals surface area contributed by atoms with Crippen LogP contribution in [0.4, 0.5) is 0 Å². The maximum atomic E-state index is 12.4. The van der Waals surface area contributed by atoms with Gasteiger partial charge in [0.05, 0.1) is 34.9 Å². The van der Waals surface area contributed by atoms with Crippen molar-refractivity contribution in [3.05, 3.63) is 23.0 Å². The fraction of sp³-hybridized carbons (Fsp3) is 0.500. The third kappa shape index (κ3) is 5.46. The molecule has 0 spiro atoms. The van der Waals surface area contributed by atoms with Crippen LogP contribution in [0.15, 0.2) is 23.2 Å². The molecule has 1 aromatic carbocycles. The molecule has 1 aliphatic heterocycles. The number of piperidine rings is 1. The summed E-state index contributed by atoms with van der Waals surface area (Å²) in [5.41, 5.74) is 0.926. The molecule has 1 saturated heterocycles. The van der Waals surface area contributed by atoms with Crippen LogP contribution in [0.3, 0.4) is 0 Å². The summed E-state index contributed by atoms with van der Waals surface area (Å²) in [6.07, 6.45) is 8.80. The van der Waals surface area contributed by atoms with Crippen LogP contribution in [-0.4, -0.2) is 52.0 Å². The number of benzene rings is 1. The largest absolute Gasteiger partial charge is 0.494 e. The van der Waals surface area contributed by atoms with Crippen molar-refractivity contribution in [2.45, 2.75) is 45.7 Å². The summed E-state index contributed by atoms with van der Waals surface area (Å²) >= 11 is 2.73. The molecule has 2 heterocycles. The summed E-state index contributed by atoms with van der Waals surface area (Å²) in [4.78, 5) is 31.6. The number of fused-ring (bicyclic) bond motifs is 1. The van der Waals surface area contributed by atoms with Crippen LogP contribution >= 0.6 is 23.1 Å². The van der Waals surface area contributed by atoms with E-state index in [1.165, 1.54) is 29.5 Å². The molecular weight excluding hydrogens is 418 g/mol. The van der Waals surface area contributed by atoms with E-state index in [1.54, 1.807) is 0 Å². The van der Waals surface area contributed by atoms with Gasteiger partial charge < -0.3 is 14.2 Å². The molecule has 1 aromatic heterocycles. The lowest BCUT2D eigenvalue weighted by molar-refractivity contribution is -0.131. The van der Waals surface area contributed by atoms with Crippen LogP contribution in [0.2, 0.25) is 0 Å². The van der Waals surface area contributed by atoms with E-state index in [-0.39, 0.29) is 23.6 Å². The van der Waals surface area contributed by atoms with E-state index in [0.29, 0.717) is 23.7 Å². The van der Waals surface area contributed by atoms with Crippen molar-refractivity contribution in [2.24, 2.45) is 4.99 Å². The van der Waals surface area contributed by atoms with Crippen LogP contribution in [-0.2, 0) is 16.1 Å². The molecule has 1 unspecified atom stereocenters.